The van der Waals surface area contributed by atoms with E-state index in [1.54, 1.807) is 14.2 Å². The molecule has 0 fully saturated rings. The molecule has 0 radical (unpaired) electrons. The summed E-state index contributed by atoms with van der Waals surface area (Å²) in [7, 11) is 3.39. The van der Waals surface area contributed by atoms with Gasteiger partial charge in [0.2, 0.25) is 0 Å². The minimum Gasteiger partial charge on any atom is -0.497 e. The van der Waals surface area contributed by atoms with E-state index in [1.165, 1.54) is 0 Å². The number of hydrogen-bond acceptors (Lipinski definition) is 3. The number of methoxy groups -OCH3 is 2. The van der Waals surface area contributed by atoms with Gasteiger partial charge in [-0.2, -0.15) is 0 Å². The van der Waals surface area contributed by atoms with Gasteiger partial charge in [0.25, 0.3) is 0 Å². The predicted molar refractivity (Wildman–Crippen MR) is 81.9 cm³/mol. The molecule has 0 spiro atoms. The summed E-state index contributed by atoms with van der Waals surface area (Å²) in [5.74, 6) is 2.38. The Labute approximate surface area is 124 Å². The molecule has 0 aliphatic rings. The van der Waals surface area contributed by atoms with Gasteiger partial charge >= 0.3 is 0 Å². The molecule has 5 heteroatoms. The molecule has 2 rings (SSSR count). The number of nitrogens with zero attached hydrogens (tertiary/aromatic N) is 2. The standard InChI is InChI=1S/C15H21ClN2O2/c1-4-11(10-19-2)18-14-6-5-12(20-3)9-13(14)17-15(18)7-8-16/h5-6,9,11H,4,7-8,10H2,1-3H3. The van der Waals surface area contributed by atoms with Crippen LogP contribution < -0.4 is 4.74 Å². The zero-order valence-electron chi connectivity index (χ0n) is 12.2. The van der Waals surface area contributed by atoms with Gasteiger partial charge in [0.1, 0.15) is 11.6 Å². The molecule has 0 saturated carbocycles. The van der Waals surface area contributed by atoms with Crippen LogP contribution in [-0.2, 0) is 11.2 Å². The third kappa shape index (κ3) is 2.91. The van der Waals surface area contributed by atoms with E-state index < -0.39 is 0 Å². The van der Waals surface area contributed by atoms with Gasteiger partial charge in [0, 0.05) is 25.5 Å². The fraction of sp³-hybridized carbons (Fsp3) is 0.533. The maximum Gasteiger partial charge on any atom is 0.121 e. The summed E-state index contributed by atoms with van der Waals surface area (Å²) in [6.07, 6.45) is 1.74. The molecule has 0 saturated heterocycles. The fourth-order valence-corrected chi connectivity index (χ4v) is 2.66. The number of fused-ring (bicyclic) bond motifs is 1. The molecule has 2 aromatic rings. The van der Waals surface area contributed by atoms with Crippen molar-refractivity contribution < 1.29 is 9.47 Å². The first-order chi connectivity index (χ1) is 9.74. The topological polar surface area (TPSA) is 36.3 Å². The Morgan fingerprint density at radius 3 is 2.75 bits per heavy atom. The van der Waals surface area contributed by atoms with Crippen LogP contribution in [0.15, 0.2) is 18.2 Å². The van der Waals surface area contributed by atoms with Crippen molar-refractivity contribution in [1.82, 2.24) is 9.55 Å². The number of ether oxygens (including phenoxy) is 2. The lowest BCUT2D eigenvalue weighted by Gasteiger charge is -2.19. The Balaban J connectivity index is 2.55. The third-order valence-electron chi connectivity index (χ3n) is 3.48. The minimum atomic E-state index is 0.275. The molecule has 20 heavy (non-hydrogen) atoms. The van der Waals surface area contributed by atoms with E-state index in [9.17, 15) is 0 Å². The van der Waals surface area contributed by atoms with E-state index in [1.807, 2.05) is 12.1 Å². The molecule has 0 N–H and O–H groups in total. The van der Waals surface area contributed by atoms with Gasteiger partial charge < -0.3 is 14.0 Å². The molecule has 1 atom stereocenters. The molecule has 0 bridgehead atoms. The van der Waals surface area contributed by atoms with Crippen molar-refractivity contribution in [2.24, 2.45) is 0 Å². The van der Waals surface area contributed by atoms with E-state index in [2.05, 4.69) is 17.6 Å². The first kappa shape index (κ1) is 15.1. The van der Waals surface area contributed by atoms with Crippen molar-refractivity contribution in [2.45, 2.75) is 25.8 Å². The number of alkyl halides is 1. The second-order valence-electron chi connectivity index (χ2n) is 4.71. The Hall–Kier alpha value is -1.26. The van der Waals surface area contributed by atoms with Gasteiger partial charge in [0.15, 0.2) is 0 Å². The highest BCUT2D eigenvalue weighted by Crippen LogP contribution is 2.27. The zero-order chi connectivity index (χ0) is 14.5. The molecule has 1 heterocycles. The summed E-state index contributed by atoms with van der Waals surface area (Å²) >= 11 is 5.91. The molecule has 1 aromatic carbocycles. The van der Waals surface area contributed by atoms with Gasteiger partial charge in [0.05, 0.1) is 30.8 Å². The Bertz CT molecular complexity index is 568. The van der Waals surface area contributed by atoms with Crippen molar-refractivity contribution in [3.05, 3.63) is 24.0 Å². The molecule has 1 unspecified atom stereocenters. The van der Waals surface area contributed by atoms with E-state index in [0.29, 0.717) is 12.5 Å². The highest BCUT2D eigenvalue weighted by atomic mass is 35.5. The molecule has 0 aliphatic heterocycles. The number of halogens is 1. The maximum absolute atomic E-state index is 5.91. The van der Waals surface area contributed by atoms with Crippen molar-refractivity contribution in [3.63, 3.8) is 0 Å². The number of aryl methyl sites for hydroxylation is 1. The van der Waals surface area contributed by atoms with Gasteiger partial charge in [-0.1, -0.05) is 6.92 Å². The van der Waals surface area contributed by atoms with Crippen molar-refractivity contribution >= 4 is 22.6 Å². The maximum atomic E-state index is 5.91. The van der Waals surface area contributed by atoms with E-state index >= 15 is 0 Å². The lowest BCUT2D eigenvalue weighted by molar-refractivity contribution is 0.153. The SMILES string of the molecule is CCC(COC)n1c(CCCl)nc2cc(OC)ccc21. The van der Waals surface area contributed by atoms with E-state index in [4.69, 9.17) is 26.1 Å². The molecule has 1 aromatic heterocycles. The van der Waals surface area contributed by atoms with E-state index in [0.717, 1.165) is 35.4 Å². The smallest absolute Gasteiger partial charge is 0.121 e. The minimum absolute atomic E-state index is 0.275. The quantitative estimate of drug-likeness (QED) is 0.735. The van der Waals surface area contributed by atoms with Gasteiger partial charge in [-0.05, 0) is 18.6 Å². The second kappa shape index (κ2) is 6.95. The average Bonchev–Trinajstić information content (AvgIpc) is 2.82. The molecule has 0 amide bonds. The lowest BCUT2D eigenvalue weighted by Crippen LogP contribution is -2.16. The Kier molecular flexibility index (Phi) is 5.26. The summed E-state index contributed by atoms with van der Waals surface area (Å²) in [6.45, 7) is 2.83. The molecular weight excluding hydrogens is 276 g/mol. The molecule has 4 nitrogen and oxygen atoms in total. The van der Waals surface area contributed by atoms with Gasteiger partial charge in [-0.25, -0.2) is 4.98 Å². The largest absolute Gasteiger partial charge is 0.497 e. The van der Waals surface area contributed by atoms with Crippen LogP contribution >= 0.6 is 11.6 Å². The summed E-state index contributed by atoms with van der Waals surface area (Å²) < 4.78 is 12.9. The second-order valence-corrected chi connectivity index (χ2v) is 5.09. The van der Waals surface area contributed by atoms with Crippen LogP contribution in [0.3, 0.4) is 0 Å². The number of rotatable bonds is 7. The van der Waals surface area contributed by atoms with Crippen LogP contribution in [0.2, 0.25) is 0 Å². The molecular formula is C15H21ClN2O2. The third-order valence-corrected chi connectivity index (χ3v) is 3.67. The monoisotopic (exact) mass is 296 g/mol. The van der Waals surface area contributed by atoms with Crippen LogP contribution in [-0.4, -0.2) is 36.3 Å². The number of imidazole rings is 1. The first-order valence-corrected chi connectivity index (χ1v) is 7.38. The fourth-order valence-electron chi connectivity index (χ4n) is 2.49. The number of benzene rings is 1. The van der Waals surface area contributed by atoms with Crippen molar-refractivity contribution in [2.75, 3.05) is 26.7 Å². The number of aromatic nitrogens is 2. The molecule has 0 aliphatic carbocycles. The Morgan fingerprint density at radius 2 is 2.15 bits per heavy atom. The van der Waals surface area contributed by atoms with Crippen LogP contribution in [0, 0.1) is 0 Å². The van der Waals surface area contributed by atoms with Crippen LogP contribution in [0.4, 0.5) is 0 Å². The normalized spacial score (nSPS) is 12.8. The highest BCUT2D eigenvalue weighted by Gasteiger charge is 2.18. The first-order valence-electron chi connectivity index (χ1n) is 6.84. The predicted octanol–water partition coefficient (Wildman–Crippen LogP) is 3.42. The Morgan fingerprint density at radius 1 is 1.35 bits per heavy atom. The summed E-state index contributed by atoms with van der Waals surface area (Å²) in [5.41, 5.74) is 2.05. The highest BCUT2D eigenvalue weighted by molar-refractivity contribution is 6.17. The average molecular weight is 297 g/mol. The zero-order valence-corrected chi connectivity index (χ0v) is 13.0. The lowest BCUT2D eigenvalue weighted by atomic mass is 10.2. The summed E-state index contributed by atoms with van der Waals surface area (Å²) in [5, 5.41) is 0. The van der Waals surface area contributed by atoms with Crippen LogP contribution in [0.25, 0.3) is 11.0 Å². The number of hydrogen-bond donors (Lipinski definition) is 0. The molecule has 110 valence electrons. The van der Waals surface area contributed by atoms with Crippen molar-refractivity contribution in [1.29, 1.82) is 0 Å². The van der Waals surface area contributed by atoms with Crippen LogP contribution in [0.1, 0.15) is 25.2 Å². The summed E-state index contributed by atoms with van der Waals surface area (Å²) in [4.78, 5) is 4.71. The van der Waals surface area contributed by atoms with E-state index in [-0.39, 0.29) is 6.04 Å². The van der Waals surface area contributed by atoms with Crippen molar-refractivity contribution in [3.8, 4) is 5.75 Å². The van der Waals surface area contributed by atoms with Crippen LogP contribution in [0.5, 0.6) is 5.75 Å². The van der Waals surface area contributed by atoms with Gasteiger partial charge in [-0.3, -0.25) is 0 Å². The summed E-state index contributed by atoms with van der Waals surface area (Å²) in [6, 6.07) is 6.25. The van der Waals surface area contributed by atoms with Gasteiger partial charge in [-0.15, -0.1) is 11.6 Å².